The van der Waals surface area contributed by atoms with Crippen LogP contribution in [-0.4, -0.2) is 68.3 Å². The van der Waals surface area contributed by atoms with Crippen LogP contribution < -0.4 is 14.8 Å². The van der Waals surface area contributed by atoms with Crippen molar-refractivity contribution in [1.29, 1.82) is 0 Å². The molecule has 0 spiro atoms. The lowest BCUT2D eigenvalue weighted by Crippen LogP contribution is -2.47. The van der Waals surface area contributed by atoms with Gasteiger partial charge in [0.2, 0.25) is 5.91 Å². The van der Waals surface area contributed by atoms with Gasteiger partial charge in [0.25, 0.3) is 0 Å². The molecular weight excluding hydrogens is 582 g/mol. The summed E-state index contributed by atoms with van der Waals surface area (Å²) in [6.45, 7) is 1.97. The first-order chi connectivity index (χ1) is 18.9. The lowest BCUT2D eigenvalue weighted by atomic mass is 10.1. The molecule has 0 radical (unpaired) electrons. The van der Waals surface area contributed by atoms with Crippen LogP contribution in [0.4, 0.5) is 10.5 Å². The van der Waals surface area contributed by atoms with Crippen LogP contribution in [0.1, 0.15) is 23.3 Å². The van der Waals surface area contributed by atoms with E-state index in [0.29, 0.717) is 49.8 Å². The number of carbonyl (C=O) groups is 2. The molecule has 208 valence electrons. The predicted molar refractivity (Wildman–Crippen MR) is 157 cm³/mol. The van der Waals surface area contributed by atoms with Crippen molar-refractivity contribution in [3.05, 3.63) is 74.9 Å². The monoisotopic (exact) mass is 615 g/mol. The fourth-order valence-corrected chi connectivity index (χ4v) is 5.42. The summed E-state index contributed by atoms with van der Waals surface area (Å²) in [5.74, 6) is 1.20. The van der Waals surface area contributed by atoms with Crippen LogP contribution in [-0.2, 0) is 22.5 Å². The van der Waals surface area contributed by atoms with Crippen molar-refractivity contribution < 1.29 is 23.8 Å². The Bertz CT molecular complexity index is 1220. The highest BCUT2D eigenvalue weighted by Crippen LogP contribution is 2.28. The predicted octanol–water partition coefficient (Wildman–Crippen LogP) is 5.81. The molecule has 1 aliphatic rings. The third kappa shape index (κ3) is 8.45. The Balaban J connectivity index is 1.48. The molecule has 1 unspecified atom stereocenters. The molecule has 1 aliphatic heterocycles. The molecule has 1 saturated heterocycles. The van der Waals surface area contributed by atoms with Gasteiger partial charge >= 0.3 is 6.03 Å². The molecule has 1 aromatic heterocycles. The average Bonchev–Trinajstić information content (AvgIpc) is 3.66. The Hall–Kier alpha value is -3.08. The van der Waals surface area contributed by atoms with Crippen LogP contribution in [0, 0.1) is 0 Å². The number of urea groups is 1. The summed E-state index contributed by atoms with van der Waals surface area (Å²) in [4.78, 5) is 31.5. The SMILES string of the molecule is COc1ccc(CCN(Cc2cccs2)C(=O)CN(CC2CCCO2)C(=O)Nc2ccc(Br)cc2)cc1OC. The Morgan fingerprint density at radius 1 is 1.08 bits per heavy atom. The number of nitrogens with one attached hydrogen (secondary N) is 1. The highest BCUT2D eigenvalue weighted by atomic mass is 79.9. The second-order valence-corrected chi connectivity index (χ2v) is 11.2. The maximum Gasteiger partial charge on any atom is 0.322 e. The zero-order chi connectivity index (χ0) is 27.6. The third-order valence-corrected chi connectivity index (χ3v) is 7.94. The first-order valence-electron chi connectivity index (χ1n) is 12.9. The molecule has 1 fully saturated rings. The Kier molecular flexibility index (Phi) is 10.6. The highest BCUT2D eigenvalue weighted by Gasteiger charge is 2.27. The Labute approximate surface area is 242 Å². The maximum atomic E-state index is 13.7. The van der Waals surface area contributed by atoms with Gasteiger partial charge in [0, 0.05) is 34.7 Å². The molecule has 0 aliphatic carbocycles. The molecule has 8 nitrogen and oxygen atoms in total. The lowest BCUT2D eigenvalue weighted by Gasteiger charge is -2.29. The number of amides is 3. The molecule has 2 heterocycles. The van der Waals surface area contributed by atoms with Crippen molar-refractivity contribution in [2.24, 2.45) is 0 Å². The van der Waals surface area contributed by atoms with E-state index in [4.69, 9.17) is 14.2 Å². The maximum absolute atomic E-state index is 13.7. The van der Waals surface area contributed by atoms with Crippen molar-refractivity contribution in [3.63, 3.8) is 0 Å². The minimum Gasteiger partial charge on any atom is -0.493 e. The molecular formula is C29H34BrN3O5S. The van der Waals surface area contributed by atoms with E-state index in [2.05, 4.69) is 21.2 Å². The van der Waals surface area contributed by atoms with Gasteiger partial charge < -0.3 is 29.3 Å². The van der Waals surface area contributed by atoms with E-state index in [9.17, 15) is 9.59 Å². The number of anilines is 1. The van der Waals surface area contributed by atoms with Crippen molar-refractivity contribution in [3.8, 4) is 11.5 Å². The van der Waals surface area contributed by atoms with Gasteiger partial charge in [-0.05, 0) is 72.7 Å². The molecule has 3 aromatic rings. The molecule has 1 N–H and O–H groups in total. The van der Waals surface area contributed by atoms with Crippen LogP contribution in [0.15, 0.2) is 64.5 Å². The smallest absolute Gasteiger partial charge is 0.322 e. The molecule has 0 saturated carbocycles. The second kappa shape index (κ2) is 14.3. The summed E-state index contributed by atoms with van der Waals surface area (Å²) in [5.41, 5.74) is 1.69. The van der Waals surface area contributed by atoms with E-state index >= 15 is 0 Å². The van der Waals surface area contributed by atoms with E-state index < -0.39 is 0 Å². The van der Waals surface area contributed by atoms with Gasteiger partial charge in [-0.3, -0.25) is 4.79 Å². The molecule has 1 atom stereocenters. The topological polar surface area (TPSA) is 80.3 Å². The van der Waals surface area contributed by atoms with Crippen LogP contribution in [0.5, 0.6) is 11.5 Å². The fraction of sp³-hybridized carbons (Fsp3) is 0.379. The first-order valence-corrected chi connectivity index (χ1v) is 14.6. The van der Waals surface area contributed by atoms with E-state index in [1.807, 2.05) is 64.9 Å². The number of methoxy groups -OCH3 is 2. The van der Waals surface area contributed by atoms with Gasteiger partial charge in [0.15, 0.2) is 11.5 Å². The third-order valence-electron chi connectivity index (χ3n) is 6.55. The zero-order valence-electron chi connectivity index (χ0n) is 22.2. The van der Waals surface area contributed by atoms with Gasteiger partial charge in [-0.25, -0.2) is 4.79 Å². The van der Waals surface area contributed by atoms with Crippen LogP contribution in [0.25, 0.3) is 0 Å². The van der Waals surface area contributed by atoms with Crippen molar-refractivity contribution >= 4 is 44.9 Å². The molecule has 39 heavy (non-hydrogen) atoms. The fourth-order valence-electron chi connectivity index (χ4n) is 4.44. The highest BCUT2D eigenvalue weighted by molar-refractivity contribution is 9.10. The van der Waals surface area contributed by atoms with Crippen LogP contribution in [0.3, 0.4) is 0 Å². The Morgan fingerprint density at radius 3 is 2.54 bits per heavy atom. The summed E-state index contributed by atoms with van der Waals surface area (Å²) >= 11 is 5.02. The number of hydrogen-bond acceptors (Lipinski definition) is 6. The summed E-state index contributed by atoms with van der Waals surface area (Å²) in [6.07, 6.45) is 2.38. The van der Waals surface area contributed by atoms with E-state index in [1.54, 1.807) is 30.5 Å². The van der Waals surface area contributed by atoms with Gasteiger partial charge in [-0.2, -0.15) is 0 Å². The number of halogens is 1. The molecule has 3 amide bonds. The molecule has 10 heteroatoms. The number of thiophene rings is 1. The average molecular weight is 617 g/mol. The Morgan fingerprint density at radius 2 is 1.87 bits per heavy atom. The number of carbonyl (C=O) groups excluding carboxylic acids is 2. The summed E-state index contributed by atoms with van der Waals surface area (Å²) < 4.78 is 17.5. The van der Waals surface area contributed by atoms with Gasteiger partial charge in [0.05, 0.1) is 26.9 Å². The van der Waals surface area contributed by atoms with Crippen LogP contribution >= 0.6 is 27.3 Å². The molecule has 2 aromatic carbocycles. The van der Waals surface area contributed by atoms with Gasteiger partial charge in [-0.1, -0.05) is 28.1 Å². The van der Waals surface area contributed by atoms with E-state index in [1.165, 1.54) is 0 Å². The van der Waals surface area contributed by atoms with Gasteiger partial charge in [0.1, 0.15) is 6.54 Å². The number of nitrogens with zero attached hydrogens (tertiary/aromatic N) is 2. The van der Waals surface area contributed by atoms with E-state index in [0.717, 1.165) is 27.8 Å². The quantitative estimate of drug-likeness (QED) is 0.278. The number of hydrogen-bond donors (Lipinski definition) is 1. The summed E-state index contributed by atoms with van der Waals surface area (Å²) in [5, 5.41) is 4.93. The lowest BCUT2D eigenvalue weighted by molar-refractivity contribution is -0.132. The normalized spacial score (nSPS) is 14.6. The largest absolute Gasteiger partial charge is 0.493 e. The standard InChI is InChI=1S/C29H34BrN3O5S/c1-36-26-12-7-21(17-27(26)37-2)13-14-32(19-25-6-4-16-39-25)28(34)20-33(18-24-5-3-15-38-24)29(35)31-23-10-8-22(30)9-11-23/h4,6-12,16-17,24H,3,5,13-15,18-20H2,1-2H3,(H,31,35). The van der Waals surface area contributed by atoms with Gasteiger partial charge in [-0.15, -0.1) is 11.3 Å². The number of ether oxygens (including phenoxy) is 3. The molecule has 4 rings (SSSR count). The minimum absolute atomic E-state index is 0.0421. The summed E-state index contributed by atoms with van der Waals surface area (Å²) in [6, 6.07) is 16.8. The van der Waals surface area contributed by atoms with Crippen molar-refractivity contribution in [2.45, 2.75) is 31.9 Å². The molecule has 0 bridgehead atoms. The second-order valence-electron chi connectivity index (χ2n) is 9.29. The number of rotatable bonds is 12. The zero-order valence-corrected chi connectivity index (χ0v) is 24.6. The summed E-state index contributed by atoms with van der Waals surface area (Å²) in [7, 11) is 3.21. The minimum atomic E-state index is -0.322. The van der Waals surface area contributed by atoms with Crippen molar-refractivity contribution in [1.82, 2.24) is 9.80 Å². The van der Waals surface area contributed by atoms with E-state index in [-0.39, 0.29) is 24.6 Å². The van der Waals surface area contributed by atoms with Crippen LogP contribution in [0.2, 0.25) is 0 Å². The van der Waals surface area contributed by atoms with Crippen molar-refractivity contribution in [2.75, 3.05) is 45.8 Å². The number of benzene rings is 2. The first kappa shape index (κ1) is 28.9.